The number of aliphatic hydroxyl groups excluding tert-OH is 1. The quantitative estimate of drug-likeness (QED) is 0.858. The first-order valence-electron chi connectivity index (χ1n) is 10.1. The number of hydrogen-bond donors (Lipinski definition) is 1. The second-order valence-corrected chi connectivity index (χ2v) is 8.08. The van der Waals surface area contributed by atoms with Gasteiger partial charge in [-0.1, -0.05) is 12.8 Å². The molecule has 146 valence electrons. The Kier molecular flexibility index (Phi) is 4.49. The number of aryl methyl sites for hydroxylation is 1. The number of hydrogen-bond acceptors (Lipinski definition) is 7. The third-order valence-electron chi connectivity index (χ3n) is 6.38. The summed E-state index contributed by atoms with van der Waals surface area (Å²) >= 11 is 0. The van der Waals surface area contributed by atoms with Crippen LogP contribution in [0.25, 0.3) is 11.0 Å². The van der Waals surface area contributed by atoms with Gasteiger partial charge in [-0.2, -0.15) is 5.10 Å². The van der Waals surface area contributed by atoms with Gasteiger partial charge in [0.25, 0.3) is 0 Å². The molecule has 2 aromatic heterocycles. The van der Waals surface area contributed by atoms with Crippen molar-refractivity contribution in [1.82, 2.24) is 24.6 Å². The highest BCUT2D eigenvalue weighted by Crippen LogP contribution is 2.35. The topological polar surface area (TPSA) is 79.5 Å². The lowest BCUT2D eigenvalue weighted by atomic mass is 10.1. The molecule has 0 aromatic carbocycles. The molecule has 0 amide bonds. The number of β-amino-alcohol motifs (C(OH)–C–C–N with tert-alkyl or cyclic N) is 1. The molecule has 0 unspecified atom stereocenters. The monoisotopic (exact) mass is 372 g/mol. The number of aliphatic hydroxyl groups is 1. The van der Waals surface area contributed by atoms with Crippen LogP contribution in [0.1, 0.15) is 37.4 Å². The molecular formula is C19H28N6O2. The average molecular weight is 372 g/mol. The van der Waals surface area contributed by atoms with Crippen molar-refractivity contribution < 1.29 is 9.84 Å². The van der Waals surface area contributed by atoms with E-state index in [1.807, 2.05) is 17.9 Å². The summed E-state index contributed by atoms with van der Waals surface area (Å²) in [5.41, 5.74) is 0.895. The van der Waals surface area contributed by atoms with Crippen molar-refractivity contribution in [3.05, 3.63) is 12.0 Å². The molecule has 8 heteroatoms. The molecule has 2 aromatic rings. The molecule has 3 aliphatic rings. The van der Waals surface area contributed by atoms with E-state index in [0.29, 0.717) is 12.5 Å². The lowest BCUT2D eigenvalue weighted by Crippen LogP contribution is -2.48. The van der Waals surface area contributed by atoms with Crippen molar-refractivity contribution >= 4 is 16.9 Å². The van der Waals surface area contributed by atoms with Gasteiger partial charge in [0.05, 0.1) is 36.9 Å². The molecule has 8 nitrogen and oxygen atoms in total. The molecule has 4 heterocycles. The Bertz CT molecular complexity index is 812. The van der Waals surface area contributed by atoms with E-state index in [2.05, 4.69) is 14.9 Å². The summed E-state index contributed by atoms with van der Waals surface area (Å²) in [7, 11) is 1.94. The standard InChI is InChI=1S/C19H28N6O2/c1-23-18-14(10-20-23)19(22-17(21-18)13-4-2-3-5-13)25-11-15(16(26)12-25)24-6-8-27-9-7-24/h10,13,15-16,26H,2-9,11-12H2,1H3/t15-,16-/m0/s1. The van der Waals surface area contributed by atoms with Crippen LogP contribution in [0.5, 0.6) is 0 Å². The van der Waals surface area contributed by atoms with Crippen LogP contribution in [-0.4, -0.2) is 81.3 Å². The number of fused-ring (bicyclic) bond motifs is 1. The van der Waals surface area contributed by atoms with Crippen molar-refractivity contribution in [2.45, 2.75) is 43.7 Å². The Morgan fingerprint density at radius 3 is 2.67 bits per heavy atom. The normalized spacial score (nSPS) is 27.9. The van der Waals surface area contributed by atoms with Gasteiger partial charge >= 0.3 is 0 Å². The van der Waals surface area contributed by atoms with Crippen molar-refractivity contribution in [1.29, 1.82) is 0 Å². The smallest absolute Gasteiger partial charge is 0.163 e. The Hall–Kier alpha value is -1.77. The van der Waals surface area contributed by atoms with E-state index < -0.39 is 0 Å². The van der Waals surface area contributed by atoms with Crippen molar-refractivity contribution in [3.8, 4) is 0 Å². The van der Waals surface area contributed by atoms with Crippen LogP contribution < -0.4 is 4.90 Å². The first kappa shape index (κ1) is 17.3. The molecule has 1 N–H and O–H groups in total. The Morgan fingerprint density at radius 2 is 1.89 bits per heavy atom. The predicted molar refractivity (Wildman–Crippen MR) is 102 cm³/mol. The van der Waals surface area contributed by atoms with Crippen LogP contribution in [-0.2, 0) is 11.8 Å². The van der Waals surface area contributed by atoms with Crippen LogP contribution in [0.3, 0.4) is 0 Å². The summed E-state index contributed by atoms with van der Waals surface area (Å²) in [5, 5.41) is 16.1. The maximum Gasteiger partial charge on any atom is 0.163 e. The molecule has 0 bridgehead atoms. The lowest BCUT2D eigenvalue weighted by Gasteiger charge is -2.33. The molecule has 1 aliphatic carbocycles. The maximum atomic E-state index is 10.7. The summed E-state index contributed by atoms with van der Waals surface area (Å²) in [6, 6.07) is 0.130. The van der Waals surface area contributed by atoms with E-state index in [1.54, 1.807) is 0 Å². The molecule has 5 rings (SSSR count). The molecule has 1 saturated carbocycles. The van der Waals surface area contributed by atoms with Crippen LogP contribution >= 0.6 is 0 Å². The highest BCUT2D eigenvalue weighted by molar-refractivity contribution is 5.87. The molecule has 3 fully saturated rings. The fraction of sp³-hybridized carbons (Fsp3) is 0.737. The Balaban J connectivity index is 1.48. The van der Waals surface area contributed by atoms with Crippen molar-refractivity contribution in [2.75, 3.05) is 44.3 Å². The molecule has 0 radical (unpaired) electrons. The zero-order valence-electron chi connectivity index (χ0n) is 15.9. The summed E-state index contributed by atoms with van der Waals surface area (Å²) in [5.74, 6) is 2.33. The van der Waals surface area contributed by atoms with Gasteiger partial charge in [0.15, 0.2) is 5.65 Å². The zero-order valence-corrected chi connectivity index (χ0v) is 15.9. The lowest BCUT2D eigenvalue weighted by molar-refractivity contribution is -0.00588. The van der Waals surface area contributed by atoms with Gasteiger partial charge in [0.1, 0.15) is 11.6 Å². The number of nitrogens with zero attached hydrogens (tertiary/aromatic N) is 6. The number of rotatable bonds is 3. The van der Waals surface area contributed by atoms with E-state index >= 15 is 0 Å². The summed E-state index contributed by atoms with van der Waals surface area (Å²) in [6.07, 6.45) is 6.34. The zero-order chi connectivity index (χ0) is 18.4. The van der Waals surface area contributed by atoms with E-state index in [9.17, 15) is 5.11 Å². The summed E-state index contributed by atoms with van der Waals surface area (Å²) < 4.78 is 7.31. The molecule has 0 spiro atoms. The first-order chi connectivity index (χ1) is 13.2. The van der Waals surface area contributed by atoms with E-state index in [1.165, 1.54) is 25.7 Å². The highest BCUT2D eigenvalue weighted by atomic mass is 16.5. The largest absolute Gasteiger partial charge is 0.390 e. The third kappa shape index (κ3) is 3.09. The van der Waals surface area contributed by atoms with Crippen molar-refractivity contribution in [3.63, 3.8) is 0 Å². The minimum absolute atomic E-state index is 0.130. The van der Waals surface area contributed by atoms with E-state index in [4.69, 9.17) is 14.7 Å². The van der Waals surface area contributed by atoms with Crippen LogP contribution in [0.4, 0.5) is 5.82 Å². The fourth-order valence-electron chi connectivity index (χ4n) is 4.84. The molecule has 27 heavy (non-hydrogen) atoms. The molecular weight excluding hydrogens is 344 g/mol. The summed E-state index contributed by atoms with van der Waals surface area (Å²) in [6.45, 7) is 4.65. The van der Waals surface area contributed by atoms with Gasteiger partial charge in [-0.3, -0.25) is 9.58 Å². The van der Waals surface area contributed by atoms with Crippen LogP contribution in [0, 0.1) is 0 Å². The number of morpholine rings is 1. The third-order valence-corrected chi connectivity index (χ3v) is 6.38. The van der Waals surface area contributed by atoms with Crippen LogP contribution in [0.2, 0.25) is 0 Å². The van der Waals surface area contributed by atoms with Crippen LogP contribution in [0.15, 0.2) is 6.20 Å². The molecule has 2 saturated heterocycles. The van der Waals surface area contributed by atoms with E-state index in [0.717, 1.165) is 55.5 Å². The van der Waals surface area contributed by atoms with Crippen molar-refractivity contribution in [2.24, 2.45) is 7.05 Å². The van der Waals surface area contributed by atoms with Gasteiger partial charge in [0, 0.05) is 39.1 Å². The fourth-order valence-corrected chi connectivity index (χ4v) is 4.84. The Labute approximate surface area is 159 Å². The maximum absolute atomic E-state index is 10.7. The summed E-state index contributed by atoms with van der Waals surface area (Å²) in [4.78, 5) is 14.4. The predicted octanol–water partition coefficient (Wildman–Crippen LogP) is 0.903. The molecule has 2 atom stereocenters. The van der Waals surface area contributed by atoms with Gasteiger partial charge in [-0.15, -0.1) is 0 Å². The number of aromatic nitrogens is 4. The number of ether oxygens (including phenoxy) is 1. The van der Waals surface area contributed by atoms with E-state index in [-0.39, 0.29) is 12.1 Å². The first-order valence-corrected chi connectivity index (χ1v) is 10.1. The SMILES string of the molecule is Cn1ncc2c(N3C[C@H](O)[C@@H](N4CCOCC4)C3)nc(C3CCCC3)nc21. The second-order valence-electron chi connectivity index (χ2n) is 8.08. The average Bonchev–Trinajstić information content (AvgIpc) is 3.43. The van der Waals surface area contributed by atoms with Gasteiger partial charge < -0.3 is 14.7 Å². The Morgan fingerprint density at radius 1 is 1.11 bits per heavy atom. The number of anilines is 1. The minimum atomic E-state index is -0.375. The molecule has 2 aliphatic heterocycles. The second kappa shape index (κ2) is 7.00. The van der Waals surface area contributed by atoms with Gasteiger partial charge in [0.2, 0.25) is 0 Å². The highest BCUT2D eigenvalue weighted by Gasteiger charge is 2.38. The van der Waals surface area contributed by atoms with Gasteiger partial charge in [-0.05, 0) is 12.8 Å². The minimum Gasteiger partial charge on any atom is -0.390 e. The van der Waals surface area contributed by atoms with Gasteiger partial charge in [-0.25, -0.2) is 9.97 Å².